The fourth-order valence-electron chi connectivity index (χ4n) is 3.86. The van der Waals surface area contributed by atoms with Crippen LogP contribution in [0.3, 0.4) is 0 Å². The summed E-state index contributed by atoms with van der Waals surface area (Å²) >= 11 is 0. The molecule has 0 unspecified atom stereocenters. The van der Waals surface area contributed by atoms with Gasteiger partial charge in [-0.3, -0.25) is 0 Å². The minimum absolute atomic E-state index is 0. The molecule has 0 saturated carbocycles. The second kappa shape index (κ2) is 28.7. The van der Waals surface area contributed by atoms with Crippen molar-refractivity contribution in [2.45, 2.75) is 67.2 Å². The van der Waals surface area contributed by atoms with Crippen molar-refractivity contribution >= 4 is 0 Å². The fourth-order valence-corrected chi connectivity index (χ4v) is 3.86. The summed E-state index contributed by atoms with van der Waals surface area (Å²) < 4.78 is 0. The molecule has 0 fully saturated rings. The minimum Gasteiger partial charge on any atom is -0.358 e. The molecule has 0 spiro atoms. The molecule has 3 aromatic carbocycles. The van der Waals surface area contributed by atoms with Crippen molar-refractivity contribution in [1.29, 1.82) is 0 Å². The molecule has 35 heavy (non-hydrogen) atoms. The van der Waals surface area contributed by atoms with E-state index in [1.807, 2.05) is 13.8 Å². The first-order valence-corrected chi connectivity index (χ1v) is 11.1. The first-order chi connectivity index (χ1) is 13.7. The topological polar surface area (TPSA) is 0 Å². The van der Waals surface area contributed by atoms with Crippen molar-refractivity contribution in [1.82, 2.24) is 0 Å². The number of hydrogen-bond donors (Lipinski definition) is 0. The molecule has 0 nitrogen and oxygen atoms in total. The predicted molar refractivity (Wildman–Crippen MR) is 139 cm³/mol. The van der Waals surface area contributed by atoms with Gasteiger partial charge in [-0.25, -0.2) is 0 Å². The molecule has 0 aromatic heterocycles. The van der Waals surface area contributed by atoms with Crippen LogP contribution in [0.5, 0.6) is 0 Å². The fraction of sp³-hybridized carbons (Fsp3) is 0.333. The van der Waals surface area contributed by atoms with Crippen molar-refractivity contribution in [3.63, 3.8) is 0 Å². The summed E-state index contributed by atoms with van der Waals surface area (Å²) in [5.41, 5.74) is 11.8. The van der Waals surface area contributed by atoms with Gasteiger partial charge in [-0.2, -0.15) is 0 Å². The Morgan fingerprint density at radius 1 is 0.457 bits per heavy atom. The van der Waals surface area contributed by atoms with Crippen LogP contribution < -0.4 is 0 Å². The minimum atomic E-state index is 0. The van der Waals surface area contributed by atoms with Crippen molar-refractivity contribution in [2.75, 3.05) is 0 Å². The molecule has 0 atom stereocenters. The number of benzene rings is 3. The van der Waals surface area contributed by atoms with E-state index >= 15 is 0 Å². The van der Waals surface area contributed by atoms with Crippen molar-refractivity contribution in [2.24, 2.45) is 0 Å². The van der Waals surface area contributed by atoms with Gasteiger partial charge in [-0.05, 0) is 57.3 Å². The Labute approximate surface area is 344 Å². The summed E-state index contributed by atoms with van der Waals surface area (Å²) in [4.78, 5) is 0. The van der Waals surface area contributed by atoms with Crippen LogP contribution in [0.4, 0.5) is 0 Å². The van der Waals surface area contributed by atoms with E-state index in [2.05, 4.69) is 88.4 Å². The first kappa shape index (κ1) is 51.0. The third-order valence-corrected chi connectivity index (χ3v) is 4.78. The van der Waals surface area contributed by atoms with Crippen LogP contribution in [-0.2, 0) is 176 Å². The van der Waals surface area contributed by atoms with Gasteiger partial charge < -0.3 is 14.9 Å². The standard InChI is InChI=1S/C20H14.2C3H8.C2H6.2CH3.5Y/c1-3-7-15-13(5-1)11-19-17(15)9-10-18-16-8-4-2-6-14(16)12-20(18)19;2*1-3-2;1-2;;;;;;;/h1-10H,11-12H2;2*3H2,1-2H3;1-2H3;2*1H3;;;;;/q;;;;2*-1;;;;;. The molecule has 2 aliphatic carbocycles. The zero-order valence-electron chi connectivity index (χ0n) is 23.5. The normalized spacial score (nSPS) is 8.97. The van der Waals surface area contributed by atoms with Crippen molar-refractivity contribution in [3.8, 4) is 22.3 Å². The molecule has 5 heteroatoms. The molecule has 0 amide bonds. The van der Waals surface area contributed by atoms with Gasteiger partial charge in [0.05, 0.1) is 0 Å². The Kier molecular flexibility index (Phi) is 41.8. The van der Waals surface area contributed by atoms with Crippen LogP contribution in [-0.4, -0.2) is 0 Å². The van der Waals surface area contributed by atoms with Gasteiger partial charge in [0.25, 0.3) is 0 Å². The summed E-state index contributed by atoms with van der Waals surface area (Å²) in [6.45, 7) is 12.5. The van der Waals surface area contributed by atoms with Gasteiger partial charge in [0.15, 0.2) is 0 Å². The summed E-state index contributed by atoms with van der Waals surface area (Å²) in [6, 6.07) is 22.3. The maximum absolute atomic E-state index is 2.32. The molecule has 5 radical (unpaired) electrons. The van der Waals surface area contributed by atoms with Gasteiger partial charge in [-0.15, -0.1) is 0 Å². The summed E-state index contributed by atoms with van der Waals surface area (Å²) in [5, 5.41) is 0. The molecule has 0 saturated heterocycles. The number of fused-ring (bicyclic) bond motifs is 7. The summed E-state index contributed by atoms with van der Waals surface area (Å²) in [5.74, 6) is 0. The average Bonchev–Trinajstić information content (AvgIpc) is 3.29. The van der Waals surface area contributed by atoms with Crippen molar-refractivity contribution in [3.05, 3.63) is 97.8 Å². The van der Waals surface area contributed by atoms with Crippen LogP contribution in [0.15, 0.2) is 60.7 Å². The molecule has 0 N–H and O–H groups in total. The summed E-state index contributed by atoms with van der Waals surface area (Å²) in [7, 11) is 0. The van der Waals surface area contributed by atoms with E-state index in [0.29, 0.717) is 0 Å². The quantitative estimate of drug-likeness (QED) is 0.136. The molecular formula is C30H42Y5-2. The predicted octanol–water partition coefficient (Wildman–Crippen LogP) is 9.58. The molecule has 0 heterocycles. The Hall–Kier alpha value is 3.18. The van der Waals surface area contributed by atoms with E-state index in [0.717, 1.165) is 12.8 Å². The molecule has 2 aliphatic rings. The molecule has 5 rings (SSSR count). The van der Waals surface area contributed by atoms with Gasteiger partial charge in [-0.1, -0.05) is 115 Å². The zero-order valence-corrected chi connectivity index (χ0v) is 37.7. The van der Waals surface area contributed by atoms with Gasteiger partial charge >= 0.3 is 0 Å². The van der Waals surface area contributed by atoms with E-state index in [1.165, 1.54) is 46.2 Å². The van der Waals surface area contributed by atoms with E-state index in [-0.39, 0.29) is 178 Å². The van der Waals surface area contributed by atoms with E-state index in [9.17, 15) is 0 Å². The van der Waals surface area contributed by atoms with Crippen LogP contribution in [0.2, 0.25) is 0 Å². The van der Waals surface area contributed by atoms with Gasteiger partial charge in [0.2, 0.25) is 0 Å². The smallest absolute Gasteiger partial charge is 0 e. The Morgan fingerprint density at radius 2 is 0.714 bits per heavy atom. The van der Waals surface area contributed by atoms with Crippen LogP contribution in [0.1, 0.15) is 76.6 Å². The van der Waals surface area contributed by atoms with Gasteiger partial charge in [0.1, 0.15) is 0 Å². The molecule has 3 aromatic rings. The molecule has 0 aliphatic heterocycles. The molecular weight excluding hydrogens is 805 g/mol. The third-order valence-electron chi connectivity index (χ3n) is 4.78. The SMILES string of the molecule is CC.CCC.CCC.[CH3-].[CH3-].[Y].[Y].[Y].[Y].[Y].c1ccc2c(c1)Cc1c-2ccc2c1Cc1ccccc1-2. The van der Waals surface area contributed by atoms with E-state index in [1.54, 1.807) is 11.1 Å². The maximum atomic E-state index is 2.32. The number of rotatable bonds is 0. The van der Waals surface area contributed by atoms with E-state index in [4.69, 9.17) is 0 Å². The Morgan fingerprint density at radius 3 is 1.00 bits per heavy atom. The third kappa shape index (κ3) is 13.6. The first-order valence-electron chi connectivity index (χ1n) is 11.1. The molecule has 0 bridgehead atoms. The van der Waals surface area contributed by atoms with Gasteiger partial charge in [0, 0.05) is 164 Å². The Balaban J connectivity index is -0.000000127. The second-order valence-electron chi connectivity index (χ2n) is 7.20. The second-order valence-corrected chi connectivity index (χ2v) is 7.20. The van der Waals surface area contributed by atoms with Crippen LogP contribution >= 0.6 is 0 Å². The zero-order chi connectivity index (χ0) is 20.5. The van der Waals surface area contributed by atoms with Crippen molar-refractivity contribution < 1.29 is 164 Å². The number of hydrogen-bond acceptors (Lipinski definition) is 0. The maximum Gasteiger partial charge on any atom is 0 e. The largest absolute Gasteiger partial charge is 0.358 e. The molecule has 179 valence electrons. The Bertz CT molecular complexity index is 832. The monoisotopic (exact) mass is 847 g/mol. The van der Waals surface area contributed by atoms with Crippen LogP contribution in [0, 0.1) is 14.9 Å². The summed E-state index contributed by atoms with van der Waals surface area (Å²) in [6.07, 6.45) is 4.70. The van der Waals surface area contributed by atoms with Crippen LogP contribution in [0.25, 0.3) is 22.3 Å². The van der Waals surface area contributed by atoms with E-state index < -0.39 is 0 Å². The average molecular weight is 847 g/mol.